The van der Waals surface area contributed by atoms with Gasteiger partial charge in [0, 0.05) is 0 Å². The van der Waals surface area contributed by atoms with Crippen LogP contribution >= 0.6 is 12.4 Å². The summed E-state index contributed by atoms with van der Waals surface area (Å²) in [4.78, 5) is 0. The van der Waals surface area contributed by atoms with Crippen molar-refractivity contribution >= 4 is 12.4 Å². The number of benzene rings is 1. The summed E-state index contributed by atoms with van der Waals surface area (Å²) in [7, 11) is 0. The van der Waals surface area contributed by atoms with E-state index in [0.717, 1.165) is 13.0 Å². The molecule has 2 N–H and O–H groups in total. The molecule has 0 radical (unpaired) electrons. The van der Waals surface area contributed by atoms with E-state index in [1.807, 2.05) is 0 Å². The van der Waals surface area contributed by atoms with Gasteiger partial charge in [-0.1, -0.05) is 18.2 Å². The van der Waals surface area contributed by atoms with Crippen LogP contribution in [0.15, 0.2) is 18.2 Å². The van der Waals surface area contributed by atoms with Gasteiger partial charge in [0.25, 0.3) is 0 Å². The van der Waals surface area contributed by atoms with E-state index in [4.69, 9.17) is 5.73 Å². The lowest BCUT2D eigenvalue weighted by atomic mass is 10.0. The van der Waals surface area contributed by atoms with Gasteiger partial charge >= 0.3 is 0 Å². The van der Waals surface area contributed by atoms with E-state index in [9.17, 15) is 0 Å². The highest BCUT2D eigenvalue weighted by molar-refractivity contribution is 5.85. The van der Waals surface area contributed by atoms with Crippen molar-refractivity contribution in [1.29, 1.82) is 0 Å². The molecule has 2 heteroatoms. The molecule has 72 valence electrons. The molecule has 0 spiro atoms. The lowest BCUT2D eigenvalue weighted by Crippen LogP contribution is -2.02. The van der Waals surface area contributed by atoms with E-state index in [1.54, 1.807) is 11.1 Å². The predicted octanol–water partition coefficient (Wildman–Crippen LogP) is 2.10. The molecule has 1 aliphatic rings. The van der Waals surface area contributed by atoms with Gasteiger partial charge in [0.1, 0.15) is 0 Å². The van der Waals surface area contributed by atoms with E-state index < -0.39 is 0 Å². The molecule has 0 saturated heterocycles. The Balaban J connectivity index is 0.000000845. The third-order valence-corrected chi connectivity index (χ3v) is 2.60. The van der Waals surface area contributed by atoms with Crippen LogP contribution in [0.25, 0.3) is 0 Å². The molecule has 0 saturated carbocycles. The third-order valence-electron chi connectivity index (χ3n) is 2.60. The van der Waals surface area contributed by atoms with Crippen LogP contribution in [-0.2, 0) is 19.3 Å². The van der Waals surface area contributed by atoms with Crippen LogP contribution in [0.3, 0.4) is 0 Å². The molecule has 0 fully saturated rings. The van der Waals surface area contributed by atoms with E-state index in [1.165, 1.54) is 24.8 Å². The zero-order chi connectivity index (χ0) is 8.39. The van der Waals surface area contributed by atoms with Crippen molar-refractivity contribution in [2.45, 2.75) is 25.7 Å². The van der Waals surface area contributed by atoms with Gasteiger partial charge in [0.2, 0.25) is 0 Å². The van der Waals surface area contributed by atoms with Crippen LogP contribution in [0.5, 0.6) is 0 Å². The zero-order valence-corrected chi connectivity index (χ0v) is 8.57. The Labute approximate surface area is 85.7 Å². The minimum absolute atomic E-state index is 0. The number of halogens is 1. The number of aryl methyl sites for hydroxylation is 2. The van der Waals surface area contributed by atoms with E-state index in [2.05, 4.69) is 18.2 Å². The Morgan fingerprint density at radius 1 is 1.15 bits per heavy atom. The minimum atomic E-state index is 0. The SMILES string of the molecule is Cl.NCCc1ccc2c(c1)CCC2. The summed E-state index contributed by atoms with van der Waals surface area (Å²) in [6.07, 6.45) is 4.90. The third kappa shape index (κ3) is 2.23. The summed E-state index contributed by atoms with van der Waals surface area (Å²) >= 11 is 0. The number of fused-ring (bicyclic) bond motifs is 1. The van der Waals surface area contributed by atoms with Crippen LogP contribution in [-0.4, -0.2) is 6.54 Å². The zero-order valence-electron chi connectivity index (χ0n) is 7.75. The maximum absolute atomic E-state index is 5.51. The molecule has 0 bridgehead atoms. The van der Waals surface area contributed by atoms with E-state index in [0.29, 0.717) is 0 Å². The van der Waals surface area contributed by atoms with Gasteiger partial charge in [-0.3, -0.25) is 0 Å². The Bertz CT molecular complexity index is 283. The fraction of sp³-hybridized carbons (Fsp3) is 0.455. The maximum atomic E-state index is 5.51. The van der Waals surface area contributed by atoms with Crippen molar-refractivity contribution < 1.29 is 0 Å². The molecule has 0 aliphatic heterocycles. The molecular formula is C11H16ClN. The second-order valence-electron chi connectivity index (χ2n) is 3.50. The van der Waals surface area contributed by atoms with Gasteiger partial charge in [-0.2, -0.15) is 0 Å². The molecular weight excluding hydrogens is 182 g/mol. The van der Waals surface area contributed by atoms with Gasteiger partial charge < -0.3 is 5.73 Å². The fourth-order valence-electron chi connectivity index (χ4n) is 1.95. The smallest absolute Gasteiger partial charge is 0.00367 e. The minimum Gasteiger partial charge on any atom is -0.330 e. The molecule has 0 atom stereocenters. The Hall–Kier alpha value is -0.530. The first-order chi connectivity index (χ1) is 5.90. The maximum Gasteiger partial charge on any atom is -0.00367 e. The monoisotopic (exact) mass is 197 g/mol. The average Bonchev–Trinajstić information content (AvgIpc) is 2.51. The van der Waals surface area contributed by atoms with E-state index in [-0.39, 0.29) is 12.4 Å². The van der Waals surface area contributed by atoms with Gasteiger partial charge in [0.15, 0.2) is 0 Å². The van der Waals surface area contributed by atoms with Crippen LogP contribution in [0.2, 0.25) is 0 Å². The van der Waals surface area contributed by atoms with Crippen molar-refractivity contribution in [2.75, 3.05) is 6.54 Å². The van der Waals surface area contributed by atoms with Crippen molar-refractivity contribution in [3.8, 4) is 0 Å². The molecule has 0 amide bonds. The summed E-state index contributed by atoms with van der Waals surface area (Å²) < 4.78 is 0. The number of nitrogens with two attached hydrogens (primary N) is 1. The van der Waals surface area contributed by atoms with Crippen molar-refractivity contribution in [3.63, 3.8) is 0 Å². The molecule has 1 nitrogen and oxygen atoms in total. The van der Waals surface area contributed by atoms with Crippen molar-refractivity contribution in [3.05, 3.63) is 34.9 Å². The lowest BCUT2D eigenvalue weighted by Gasteiger charge is -2.02. The molecule has 1 aliphatic carbocycles. The molecule has 0 heterocycles. The van der Waals surface area contributed by atoms with Crippen LogP contribution in [0, 0.1) is 0 Å². The first-order valence-corrected chi connectivity index (χ1v) is 4.71. The second-order valence-corrected chi connectivity index (χ2v) is 3.50. The van der Waals surface area contributed by atoms with Gasteiger partial charge in [-0.15, -0.1) is 12.4 Å². The molecule has 13 heavy (non-hydrogen) atoms. The van der Waals surface area contributed by atoms with Crippen LogP contribution in [0.1, 0.15) is 23.1 Å². The highest BCUT2D eigenvalue weighted by Gasteiger charge is 2.09. The van der Waals surface area contributed by atoms with Crippen molar-refractivity contribution in [1.82, 2.24) is 0 Å². The molecule has 2 rings (SSSR count). The standard InChI is InChI=1S/C11H15N.ClH/c12-7-6-9-4-5-10-2-1-3-11(10)8-9;/h4-5,8H,1-3,6-7,12H2;1H. The molecule has 1 aromatic carbocycles. The lowest BCUT2D eigenvalue weighted by molar-refractivity contribution is 0.910. The Kier molecular flexibility index (Phi) is 3.76. The van der Waals surface area contributed by atoms with Gasteiger partial charge in [-0.05, 0) is 48.9 Å². The quantitative estimate of drug-likeness (QED) is 0.772. The Morgan fingerprint density at radius 3 is 2.69 bits per heavy atom. The van der Waals surface area contributed by atoms with Gasteiger partial charge in [-0.25, -0.2) is 0 Å². The van der Waals surface area contributed by atoms with Gasteiger partial charge in [0.05, 0.1) is 0 Å². The second kappa shape index (κ2) is 4.64. The normalized spacial score (nSPS) is 13.6. The number of rotatable bonds is 2. The van der Waals surface area contributed by atoms with Crippen LogP contribution in [0.4, 0.5) is 0 Å². The number of hydrogen-bond acceptors (Lipinski definition) is 1. The van der Waals surface area contributed by atoms with E-state index >= 15 is 0 Å². The first-order valence-electron chi connectivity index (χ1n) is 4.71. The highest BCUT2D eigenvalue weighted by Crippen LogP contribution is 2.22. The summed E-state index contributed by atoms with van der Waals surface area (Å²) in [5, 5.41) is 0. The molecule has 0 unspecified atom stereocenters. The van der Waals surface area contributed by atoms with Crippen LogP contribution < -0.4 is 5.73 Å². The topological polar surface area (TPSA) is 26.0 Å². The summed E-state index contributed by atoms with van der Waals surface area (Å²) in [6, 6.07) is 6.82. The first kappa shape index (κ1) is 10.6. The molecule has 0 aromatic heterocycles. The Morgan fingerprint density at radius 2 is 1.92 bits per heavy atom. The summed E-state index contributed by atoms with van der Waals surface area (Å²) in [5.41, 5.74) is 10.0. The molecule has 1 aromatic rings. The van der Waals surface area contributed by atoms with Crippen molar-refractivity contribution in [2.24, 2.45) is 5.73 Å². The summed E-state index contributed by atoms with van der Waals surface area (Å²) in [6.45, 7) is 0.763. The predicted molar refractivity (Wildman–Crippen MR) is 58.5 cm³/mol. The fourth-order valence-corrected chi connectivity index (χ4v) is 1.95. The largest absolute Gasteiger partial charge is 0.330 e. The number of hydrogen-bond donors (Lipinski definition) is 1. The average molecular weight is 198 g/mol. The highest BCUT2D eigenvalue weighted by atomic mass is 35.5. The summed E-state index contributed by atoms with van der Waals surface area (Å²) in [5.74, 6) is 0.